The SMILES string of the molecule is COC(=O)[C@H]1C(=O)C[C@@H](c2ccc3ccccc3c2)[C@@H]1c1ccc2ccccc2c1. The zero-order valence-corrected chi connectivity index (χ0v) is 16.7. The molecular weight excluding hydrogens is 372 g/mol. The van der Waals surface area contributed by atoms with Gasteiger partial charge in [0.1, 0.15) is 11.7 Å². The molecule has 148 valence electrons. The van der Waals surface area contributed by atoms with E-state index in [-0.39, 0.29) is 17.6 Å². The number of carbonyl (C=O) groups is 2. The number of ether oxygens (including phenoxy) is 1. The smallest absolute Gasteiger partial charge is 0.316 e. The van der Waals surface area contributed by atoms with Crippen LogP contribution in [0, 0.1) is 5.92 Å². The fourth-order valence-corrected chi connectivity index (χ4v) is 4.91. The third-order valence-corrected chi connectivity index (χ3v) is 6.38. The average Bonchev–Trinajstić information content (AvgIpc) is 3.15. The van der Waals surface area contributed by atoms with E-state index in [1.54, 1.807) is 0 Å². The van der Waals surface area contributed by atoms with E-state index < -0.39 is 11.9 Å². The summed E-state index contributed by atoms with van der Waals surface area (Å²) in [5.74, 6) is -1.56. The number of hydrogen-bond donors (Lipinski definition) is 0. The van der Waals surface area contributed by atoms with Gasteiger partial charge in [0.25, 0.3) is 0 Å². The van der Waals surface area contributed by atoms with Gasteiger partial charge in [-0.1, -0.05) is 84.9 Å². The van der Waals surface area contributed by atoms with Crippen LogP contribution in [0.15, 0.2) is 84.9 Å². The molecule has 30 heavy (non-hydrogen) atoms. The fraction of sp³-hybridized carbons (Fsp3) is 0.185. The first-order chi connectivity index (χ1) is 14.7. The average molecular weight is 394 g/mol. The lowest BCUT2D eigenvalue weighted by molar-refractivity contribution is -0.148. The number of ketones is 1. The molecule has 3 atom stereocenters. The summed E-state index contributed by atoms with van der Waals surface area (Å²) in [6.45, 7) is 0. The van der Waals surface area contributed by atoms with Gasteiger partial charge in [0, 0.05) is 12.3 Å². The monoisotopic (exact) mass is 394 g/mol. The minimum absolute atomic E-state index is 0.0434. The van der Waals surface area contributed by atoms with E-state index in [1.807, 2.05) is 24.3 Å². The van der Waals surface area contributed by atoms with Crippen LogP contribution < -0.4 is 0 Å². The number of hydrogen-bond acceptors (Lipinski definition) is 3. The van der Waals surface area contributed by atoms with Crippen LogP contribution in [0.5, 0.6) is 0 Å². The third kappa shape index (κ3) is 3.07. The highest BCUT2D eigenvalue weighted by atomic mass is 16.5. The van der Waals surface area contributed by atoms with Crippen LogP contribution in [0.4, 0.5) is 0 Å². The lowest BCUT2D eigenvalue weighted by atomic mass is 9.79. The summed E-state index contributed by atoms with van der Waals surface area (Å²) in [6, 6.07) is 28.9. The van der Waals surface area contributed by atoms with E-state index in [0.717, 1.165) is 32.7 Å². The number of fused-ring (bicyclic) bond motifs is 2. The highest BCUT2D eigenvalue weighted by Gasteiger charge is 2.48. The molecule has 1 aliphatic carbocycles. The number of esters is 1. The van der Waals surface area contributed by atoms with Crippen LogP contribution in [0.25, 0.3) is 21.5 Å². The number of Topliss-reactive ketones (excluding diaryl/α,β-unsaturated/α-hetero) is 1. The second-order valence-electron chi connectivity index (χ2n) is 8.02. The maximum Gasteiger partial charge on any atom is 0.316 e. The topological polar surface area (TPSA) is 43.4 Å². The number of methoxy groups -OCH3 is 1. The molecule has 3 heteroatoms. The summed E-state index contributed by atoms with van der Waals surface area (Å²) in [6.07, 6.45) is 0.343. The maximum atomic E-state index is 13.0. The number of rotatable bonds is 3. The first-order valence-electron chi connectivity index (χ1n) is 10.2. The van der Waals surface area contributed by atoms with Gasteiger partial charge in [0.05, 0.1) is 7.11 Å². The van der Waals surface area contributed by atoms with E-state index in [1.165, 1.54) is 7.11 Å². The molecule has 4 aromatic carbocycles. The Hall–Kier alpha value is -3.46. The Morgan fingerprint density at radius 1 is 0.767 bits per heavy atom. The van der Waals surface area contributed by atoms with Crippen LogP contribution in [0.3, 0.4) is 0 Å². The highest BCUT2D eigenvalue weighted by Crippen LogP contribution is 2.49. The van der Waals surface area contributed by atoms with E-state index in [2.05, 4.69) is 60.7 Å². The van der Waals surface area contributed by atoms with Crippen molar-refractivity contribution in [3.8, 4) is 0 Å². The predicted octanol–water partition coefficient (Wildman–Crippen LogP) is 5.62. The Bertz CT molecular complexity index is 1270. The second-order valence-corrected chi connectivity index (χ2v) is 8.02. The molecule has 0 saturated heterocycles. The molecule has 1 aliphatic rings. The van der Waals surface area contributed by atoms with Gasteiger partial charge in [-0.25, -0.2) is 0 Å². The van der Waals surface area contributed by atoms with Crippen molar-refractivity contribution in [3.05, 3.63) is 96.1 Å². The van der Waals surface area contributed by atoms with Gasteiger partial charge in [-0.2, -0.15) is 0 Å². The Morgan fingerprint density at radius 2 is 1.30 bits per heavy atom. The molecule has 0 amide bonds. The van der Waals surface area contributed by atoms with Gasteiger partial charge in [-0.15, -0.1) is 0 Å². The lowest BCUT2D eigenvalue weighted by Crippen LogP contribution is -2.26. The van der Waals surface area contributed by atoms with Crippen LogP contribution in [0.2, 0.25) is 0 Å². The van der Waals surface area contributed by atoms with Crippen molar-refractivity contribution in [1.29, 1.82) is 0 Å². The van der Waals surface area contributed by atoms with Crippen molar-refractivity contribution in [2.24, 2.45) is 5.92 Å². The lowest BCUT2D eigenvalue weighted by Gasteiger charge is -2.24. The Morgan fingerprint density at radius 3 is 1.90 bits per heavy atom. The van der Waals surface area contributed by atoms with E-state index in [4.69, 9.17) is 4.74 Å². The molecule has 0 radical (unpaired) electrons. The Labute approximate surface area is 175 Å². The molecule has 4 aromatic rings. The van der Waals surface area contributed by atoms with Gasteiger partial charge in [-0.05, 0) is 38.6 Å². The van der Waals surface area contributed by atoms with Crippen LogP contribution in [-0.4, -0.2) is 18.9 Å². The normalized spacial score (nSPS) is 21.2. The number of carbonyl (C=O) groups excluding carboxylic acids is 2. The molecule has 0 unspecified atom stereocenters. The molecule has 0 spiro atoms. The summed E-state index contributed by atoms with van der Waals surface area (Å²) in [5, 5.41) is 4.55. The minimum Gasteiger partial charge on any atom is -0.468 e. The third-order valence-electron chi connectivity index (χ3n) is 6.38. The summed E-state index contributed by atoms with van der Waals surface area (Å²) in [7, 11) is 1.36. The predicted molar refractivity (Wildman–Crippen MR) is 119 cm³/mol. The van der Waals surface area contributed by atoms with Crippen molar-refractivity contribution in [1.82, 2.24) is 0 Å². The van der Waals surface area contributed by atoms with Gasteiger partial charge in [-0.3, -0.25) is 9.59 Å². The van der Waals surface area contributed by atoms with E-state index in [9.17, 15) is 9.59 Å². The molecule has 0 heterocycles. The number of benzene rings is 4. The zero-order valence-electron chi connectivity index (χ0n) is 16.7. The molecule has 0 aliphatic heterocycles. The molecule has 1 fully saturated rings. The minimum atomic E-state index is -0.771. The summed E-state index contributed by atoms with van der Waals surface area (Å²) in [4.78, 5) is 25.6. The highest BCUT2D eigenvalue weighted by molar-refractivity contribution is 6.03. The molecule has 5 rings (SSSR count). The van der Waals surface area contributed by atoms with Crippen molar-refractivity contribution >= 4 is 33.3 Å². The molecule has 0 bridgehead atoms. The standard InChI is InChI=1S/C27H22O3/c1-30-27(29)26-24(28)16-23(21-12-10-17-6-2-4-8-19(17)14-21)25(26)22-13-11-18-7-3-5-9-20(18)15-22/h2-15,23,25-26H,16H2,1H3/t23-,25-,26-/m0/s1. The zero-order chi connectivity index (χ0) is 20.7. The molecule has 0 aromatic heterocycles. The molecular formula is C27H22O3. The summed E-state index contributed by atoms with van der Waals surface area (Å²) >= 11 is 0. The van der Waals surface area contributed by atoms with Gasteiger partial charge < -0.3 is 4.74 Å². The maximum absolute atomic E-state index is 13.0. The molecule has 1 saturated carbocycles. The van der Waals surface area contributed by atoms with Crippen LogP contribution >= 0.6 is 0 Å². The Balaban J connectivity index is 1.65. The quantitative estimate of drug-likeness (QED) is 0.334. The van der Waals surface area contributed by atoms with Gasteiger partial charge >= 0.3 is 5.97 Å². The molecule has 0 N–H and O–H groups in total. The first kappa shape index (κ1) is 18.6. The van der Waals surface area contributed by atoms with Gasteiger partial charge in [0.15, 0.2) is 0 Å². The molecule has 3 nitrogen and oxygen atoms in total. The fourth-order valence-electron chi connectivity index (χ4n) is 4.91. The van der Waals surface area contributed by atoms with Crippen LogP contribution in [0.1, 0.15) is 29.4 Å². The second kappa shape index (κ2) is 7.42. The first-order valence-corrected chi connectivity index (χ1v) is 10.2. The summed E-state index contributed by atoms with van der Waals surface area (Å²) in [5.41, 5.74) is 2.10. The van der Waals surface area contributed by atoms with Crippen molar-refractivity contribution in [2.45, 2.75) is 18.3 Å². The van der Waals surface area contributed by atoms with Crippen molar-refractivity contribution < 1.29 is 14.3 Å². The van der Waals surface area contributed by atoms with Crippen molar-refractivity contribution in [3.63, 3.8) is 0 Å². The summed E-state index contributed by atoms with van der Waals surface area (Å²) < 4.78 is 5.04. The largest absolute Gasteiger partial charge is 0.468 e. The van der Waals surface area contributed by atoms with E-state index in [0.29, 0.717) is 6.42 Å². The van der Waals surface area contributed by atoms with E-state index >= 15 is 0 Å². The Kier molecular flexibility index (Phi) is 4.59. The van der Waals surface area contributed by atoms with Crippen LogP contribution in [-0.2, 0) is 14.3 Å². The van der Waals surface area contributed by atoms with Crippen molar-refractivity contribution in [2.75, 3.05) is 7.11 Å². The van der Waals surface area contributed by atoms with Gasteiger partial charge in [0.2, 0.25) is 0 Å².